The van der Waals surface area contributed by atoms with Crippen molar-refractivity contribution in [1.82, 2.24) is 4.90 Å². The molecule has 1 aliphatic rings. The van der Waals surface area contributed by atoms with E-state index in [0.29, 0.717) is 6.54 Å². The van der Waals surface area contributed by atoms with Gasteiger partial charge in [-0.2, -0.15) is 0 Å². The van der Waals surface area contributed by atoms with E-state index in [4.69, 9.17) is 0 Å². The Morgan fingerprint density at radius 2 is 2.00 bits per heavy atom. The van der Waals surface area contributed by atoms with Crippen LogP contribution in [-0.2, 0) is 4.79 Å². The molecular weight excluding hydrogens is 250 g/mol. The van der Waals surface area contributed by atoms with Gasteiger partial charge in [0, 0.05) is 18.7 Å². The highest BCUT2D eigenvalue weighted by Gasteiger charge is 2.27. The Morgan fingerprint density at radius 1 is 1.35 bits per heavy atom. The highest BCUT2D eigenvalue weighted by Crippen LogP contribution is 2.19. The van der Waals surface area contributed by atoms with Crippen molar-refractivity contribution in [2.75, 3.05) is 13.1 Å². The van der Waals surface area contributed by atoms with Gasteiger partial charge in [0.05, 0.1) is 6.10 Å². The zero-order valence-electron chi connectivity index (χ0n) is 12.5. The predicted octanol–water partition coefficient (Wildman–Crippen LogP) is 2.63. The Kier molecular flexibility index (Phi) is 4.61. The van der Waals surface area contributed by atoms with E-state index in [9.17, 15) is 9.90 Å². The predicted molar refractivity (Wildman–Crippen MR) is 81.2 cm³/mol. The molecule has 0 radical (unpaired) electrons. The summed E-state index contributed by atoms with van der Waals surface area (Å²) < 4.78 is 0. The minimum Gasteiger partial charge on any atom is -0.391 e. The van der Waals surface area contributed by atoms with Crippen LogP contribution in [0.3, 0.4) is 0 Å². The van der Waals surface area contributed by atoms with E-state index in [1.807, 2.05) is 51.1 Å². The summed E-state index contributed by atoms with van der Waals surface area (Å²) in [5.74, 6) is 0.303. The molecule has 1 aromatic rings. The first-order valence-electron chi connectivity index (χ1n) is 7.19. The fourth-order valence-electron chi connectivity index (χ4n) is 2.46. The zero-order valence-corrected chi connectivity index (χ0v) is 12.5. The van der Waals surface area contributed by atoms with Crippen LogP contribution < -0.4 is 0 Å². The molecular formula is C17H23NO2. The van der Waals surface area contributed by atoms with Gasteiger partial charge in [0.2, 0.25) is 5.91 Å². The van der Waals surface area contributed by atoms with Gasteiger partial charge in [0.15, 0.2) is 0 Å². The second-order valence-electron chi connectivity index (χ2n) is 5.82. The largest absolute Gasteiger partial charge is 0.391 e. The van der Waals surface area contributed by atoms with Gasteiger partial charge in [-0.1, -0.05) is 36.8 Å². The van der Waals surface area contributed by atoms with E-state index >= 15 is 0 Å². The molecule has 0 aromatic heterocycles. The lowest BCUT2D eigenvalue weighted by atomic mass is 9.95. The lowest BCUT2D eigenvalue weighted by Gasteiger charge is -2.34. The molecule has 108 valence electrons. The molecule has 2 rings (SSSR count). The number of nitrogens with zero attached hydrogens (tertiary/aromatic N) is 1. The summed E-state index contributed by atoms with van der Waals surface area (Å²) >= 11 is 0. The van der Waals surface area contributed by atoms with Crippen molar-refractivity contribution in [3.8, 4) is 0 Å². The van der Waals surface area contributed by atoms with Gasteiger partial charge in [-0.05, 0) is 37.8 Å². The van der Waals surface area contributed by atoms with Crippen LogP contribution >= 0.6 is 0 Å². The number of aliphatic hydroxyl groups is 1. The minimum atomic E-state index is -0.403. The van der Waals surface area contributed by atoms with E-state index < -0.39 is 6.10 Å². The molecule has 1 aliphatic heterocycles. The highest BCUT2D eigenvalue weighted by molar-refractivity contribution is 5.97. The van der Waals surface area contributed by atoms with Gasteiger partial charge in [-0.3, -0.25) is 4.79 Å². The van der Waals surface area contributed by atoms with Gasteiger partial charge in [0.1, 0.15) is 0 Å². The lowest BCUT2D eigenvalue weighted by Crippen LogP contribution is -2.46. The van der Waals surface area contributed by atoms with E-state index in [-0.39, 0.29) is 11.8 Å². The van der Waals surface area contributed by atoms with Crippen LogP contribution in [0, 0.1) is 12.8 Å². The minimum absolute atomic E-state index is 0.0246. The van der Waals surface area contributed by atoms with Crippen molar-refractivity contribution in [2.45, 2.75) is 33.3 Å². The number of piperidine rings is 1. The fraction of sp³-hybridized carbons (Fsp3) is 0.471. The third kappa shape index (κ3) is 3.48. The number of β-amino-alcohol motifs (C(OH)–C–C–N with tert-alkyl or cyclic N) is 1. The van der Waals surface area contributed by atoms with Crippen LogP contribution in [0.4, 0.5) is 0 Å². The molecule has 2 unspecified atom stereocenters. The van der Waals surface area contributed by atoms with E-state index in [0.717, 1.165) is 24.1 Å². The molecule has 20 heavy (non-hydrogen) atoms. The summed E-state index contributed by atoms with van der Waals surface area (Å²) in [6, 6.07) is 8.10. The number of hydrogen-bond donors (Lipinski definition) is 1. The molecule has 0 spiro atoms. The van der Waals surface area contributed by atoms with Crippen LogP contribution in [0.2, 0.25) is 0 Å². The van der Waals surface area contributed by atoms with Crippen molar-refractivity contribution in [1.29, 1.82) is 0 Å². The number of amides is 1. The number of benzene rings is 1. The molecule has 0 bridgehead atoms. The third-order valence-corrected chi connectivity index (χ3v) is 4.00. The van der Waals surface area contributed by atoms with Crippen molar-refractivity contribution in [2.24, 2.45) is 5.92 Å². The van der Waals surface area contributed by atoms with Crippen LogP contribution in [-0.4, -0.2) is 35.1 Å². The quantitative estimate of drug-likeness (QED) is 0.842. The normalized spacial score (nSPS) is 23.8. The van der Waals surface area contributed by atoms with Gasteiger partial charge in [0.25, 0.3) is 0 Å². The summed E-state index contributed by atoms with van der Waals surface area (Å²) in [6.45, 7) is 7.09. The van der Waals surface area contributed by atoms with E-state index in [2.05, 4.69) is 0 Å². The summed E-state index contributed by atoms with van der Waals surface area (Å²) in [6.07, 6.45) is 2.37. The van der Waals surface area contributed by atoms with Crippen LogP contribution in [0.15, 0.2) is 29.8 Å². The summed E-state index contributed by atoms with van der Waals surface area (Å²) in [5, 5.41) is 9.89. The second-order valence-corrected chi connectivity index (χ2v) is 5.82. The summed E-state index contributed by atoms with van der Waals surface area (Å²) in [4.78, 5) is 14.1. The molecule has 1 fully saturated rings. The Bertz CT molecular complexity index is 504. The number of carbonyl (C=O) groups excluding carboxylic acids is 1. The van der Waals surface area contributed by atoms with Crippen LogP contribution in [0.1, 0.15) is 31.4 Å². The SMILES string of the molecule is C/C(=C\c1ccc(C)cc1)C(=O)N1CCC(C)C(O)C1. The smallest absolute Gasteiger partial charge is 0.249 e. The number of aliphatic hydroxyl groups excluding tert-OH is 1. The Hall–Kier alpha value is -1.61. The van der Waals surface area contributed by atoms with Crippen molar-refractivity contribution in [3.05, 3.63) is 41.0 Å². The number of likely N-dealkylation sites (tertiary alicyclic amines) is 1. The van der Waals surface area contributed by atoms with Crippen molar-refractivity contribution in [3.63, 3.8) is 0 Å². The maximum Gasteiger partial charge on any atom is 0.249 e. The fourth-order valence-corrected chi connectivity index (χ4v) is 2.46. The average Bonchev–Trinajstić information content (AvgIpc) is 2.43. The molecule has 1 N–H and O–H groups in total. The number of rotatable bonds is 2. The Balaban J connectivity index is 2.06. The second kappa shape index (κ2) is 6.23. The molecule has 1 heterocycles. The highest BCUT2D eigenvalue weighted by atomic mass is 16.3. The van der Waals surface area contributed by atoms with Crippen molar-refractivity contribution < 1.29 is 9.90 Å². The lowest BCUT2D eigenvalue weighted by molar-refractivity contribution is -0.131. The number of aryl methyl sites for hydroxylation is 1. The zero-order chi connectivity index (χ0) is 14.7. The molecule has 0 aliphatic carbocycles. The summed E-state index contributed by atoms with van der Waals surface area (Å²) in [5.41, 5.74) is 2.96. The van der Waals surface area contributed by atoms with E-state index in [1.165, 1.54) is 5.56 Å². The maximum absolute atomic E-state index is 12.4. The third-order valence-electron chi connectivity index (χ3n) is 4.00. The Labute approximate surface area is 120 Å². The topological polar surface area (TPSA) is 40.5 Å². The van der Waals surface area contributed by atoms with Gasteiger partial charge in [-0.15, -0.1) is 0 Å². The first kappa shape index (κ1) is 14.8. The first-order valence-corrected chi connectivity index (χ1v) is 7.19. The molecule has 2 atom stereocenters. The standard InChI is InChI=1S/C17H23NO2/c1-12-4-6-15(7-5-12)10-14(3)17(20)18-9-8-13(2)16(19)11-18/h4-7,10,13,16,19H,8-9,11H2,1-3H3/b14-10+. The Morgan fingerprint density at radius 3 is 2.60 bits per heavy atom. The van der Waals surface area contributed by atoms with Gasteiger partial charge >= 0.3 is 0 Å². The average molecular weight is 273 g/mol. The number of hydrogen-bond acceptors (Lipinski definition) is 2. The molecule has 3 heteroatoms. The number of carbonyl (C=O) groups is 1. The molecule has 1 saturated heterocycles. The van der Waals surface area contributed by atoms with E-state index in [1.54, 1.807) is 4.90 Å². The van der Waals surface area contributed by atoms with Crippen LogP contribution in [0.5, 0.6) is 0 Å². The molecule has 3 nitrogen and oxygen atoms in total. The maximum atomic E-state index is 12.4. The molecule has 0 saturated carbocycles. The summed E-state index contributed by atoms with van der Waals surface area (Å²) in [7, 11) is 0. The first-order chi connectivity index (χ1) is 9.47. The molecule has 1 aromatic carbocycles. The monoisotopic (exact) mass is 273 g/mol. The van der Waals surface area contributed by atoms with Gasteiger partial charge in [-0.25, -0.2) is 0 Å². The van der Waals surface area contributed by atoms with Crippen LogP contribution in [0.25, 0.3) is 6.08 Å². The van der Waals surface area contributed by atoms with Crippen molar-refractivity contribution >= 4 is 12.0 Å². The molecule has 1 amide bonds. The van der Waals surface area contributed by atoms with Gasteiger partial charge < -0.3 is 10.0 Å².